The monoisotopic (exact) mass is 475 g/mol. The third-order valence-electron chi connectivity index (χ3n) is 3.16. The summed E-state index contributed by atoms with van der Waals surface area (Å²) in [5.74, 6) is -0.271. The van der Waals surface area contributed by atoms with Gasteiger partial charge in [-0.1, -0.05) is 0 Å². The Balaban J connectivity index is 0.000000614. The van der Waals surface area contributed by atoms with Gasteiger partial charge in [-0.2, -0.15) is 8.42 Å². The lowest BCUT2D eigenvalue weighted by Gasteiger charge is -2.03. The van der Waals surface area contributed by atoms with Gasteiger partial charge < -0.3 is 9.73 Å². The first-order valence-electron chi connectivity index (χ1n) is 7.45. The van der Waals surface area contributed by atoms with Crippen LogP contribution in [0.1, 0.15) is 0 Å². The number of benzene rings is 1. The maximum atomic E-state index is 11.1. The topological polar surface area (TPSA) is 242 Å². The first kappa shape index (κ1) is 23.3. The van der Waals surface area contributed by atoms with E-state index in [9.17, 15) is 30.3 Å². The van der Waals surface area contributed by atoms with Crippen LogP contribution in [-0.4, -0.2) is 37.3 Å². The number of furan rings is 1. The number of nitrogens with one attached hydrogen (secondary N) is 1. The van der Waals surface area contributed by atoms with Crippen molar-refractivity contribution in [3.8, 4) is 11.5 Å². The molecule has 0 saturated carbocycles. The van der Waals surface area contributed by atoms with Crippen LogP contribution in [0.25, 0.3) is 11.5 Å². The number of hydrogen-bond acceptors (Lipinski definition) is 12. The summed E-state index contributed by atoms with van der Waals surface area (Å²) in [4.78, 5) is 34.5. The first-order chi connectivity index (χ1) is 14.3. The van der Waals surface area contributed by atoms with Gasteiger partial charge >= 0.3 is 16.3 Å². The number of nitro groups is 3. The van der Waals surface area contributed by atoms with E-state index in [1.807, 2.05) is 0 Å². The Bertz CT molecular complexity index is 1240. The molecule has 2 aromatic heterocycles. The standard InChI is InChI=1S/C13H7N5O7S.H2O4S/c19-16(20)7-1-2-8(10(5-7)17(21)22)14-13-15-9(6-26-13)11-3-4-12(25-11)18(23)24;1-5(2,3)4/h1-6H,(H,14,15);(H2,1,2,3,4). The summed E-state index contributed by atoms with van der Waals surface area (Å²) < 4.78 is 36.6. The minimum atomic E-state index is -4.67. The zero-order valence-electron chi connectivity index (χ0n) is 14.6. The van der Waals surface area contributed by atoms with E-state index < -0.39 is 42.4 Å². The number of rotatable bonds is 6. The maximum Gasteiger partial charge on any atom is 0.433 e. The molecule has 2 heterocycles. The van der Waals surface area contributed by atoms with Crippen LogP contribution in [0.15, 0.2) is 40.1 Å². The molecule has 0 aliphatic heterocycles. The average Bonchev–Trinajstić information content (AvgIpc) is 3.29. The predicted octanol–water partition coefficient (Wildman–Crippen LogP) is 3.22. The molecule has 0 unspecified atom stereocenters. The van der Waals surface area contributed by atoms with Gasteiger partial charge in [-0.25, -0.2) is 4.98 Å². The second-order valence-corrected chi connectivity index (χ2v) is 6.98. The average molecular weight is 475 g/mol. The molecular formula is C13H9N5O11S2. The molecule has 0 radical (unpaired) electrons. The van der Waals surface area contributed by atoms with Crippen LogP contribution in [0.4, 0.5) is 28.1 Å². The lowest BCUT2D eigenvalue weighted by atomic mass is 10.2. The fourth-order valence-corrected chi connectivity index (χ4v) is 2.73. The number of hydrogen-bond donors (Lipinski definition) is 3. The van der Waals surface area contributed by atoms with Crippen LogP contribution < -0.4 is 5.32 Å². The Labute approximate surface area is 174 Å². The van der Waals surface area contributed by atoms with Crippen LogP contribution in [0.3, 0.4) is 0 Å². The van der Waals surface area contributed by atoms with Gasteiger partial charge in [0.05, 0.1) is 22.0 Å². The van der Waals surface area contributed by atoms with E-state index in [1.54, 1.807) is 5.38 Å². The summed E-state index contributed by atoms with van der Waals surface area (Å²) in [7, 11) is -4.67. The zero-order valence-corrected chi connectivity index (χ0v) is 16.3. The molecule has 0 aliphatic rings. The summed E-state index contributed by atoms with van der Waals surface area (Å²) >= 11 is 1.08. The van der Waals surface area contributed by atoms with Gasteiger partial charge in [0.1, 0.15) is 16.3 Å². The van der Waals surface area contributed by atoms with Gasteiger partial charge in [-0.05, 0) is 12.1 Å². The molecule has 16 nitrogen and oxygen atoms in total. The quantitative estimate of drug-likeness (QED) is 0.263. The minimum Gasteiger partial charge on any atom is -0.399 e. The number of anilines is 2. The zero-order chi connectivity index (χ0) is 23.3. The van der Waals surface area contributed by atoms with E-state index in [-0.39, 0.29) is 16.6 Å². The molecule has 164 valence electrons. The highest BCUT2D eigenvalue weighted by Crippen LogP contribution is 2.34. The van der Waals surface area contributed by atoms with E-state index in [0.29, 0.717) is 5.69 Å². The molecule has 0 fully saturated rings. The summed E-state index contributed by atoms with van der Waals surface area (Å²) in [5, 5.41) is 37.0. The molecule has 3 aromatic rings. The van der Waals surface area contributed by atoms with Gasteiger partial charge in [-0.3, -0.25) is 39.4 Å². The minimum absolute atomic E-state index is 0.0203. The molecule has 0 saturated heterocycles. The van der Waals surface area contributed by atoms with Gasteiger partial charge in [0.2, 0.25) is 0 Å². The summed E-state index contributed by atoms with van der Waals surface area (Å²) in [6.45, 7) is 0. The van der Waals surface area contributed by atoms with Gasteiger partial charge in [-0.15, -0.1) is 11.3 Å². The van der Waals surface area contributed by atoms with Gasteiger partial charge in [0.25, 0.3) is 11.4 Å². The Hall–Kier alpha value is -4.00. The van der Waals surface area contributed by atoms with Crippen LogP contribution in [0.5, 0.6) is 0 Å². The second-order valence-electron chi connectivity index (χ2n) is 5.22. The van der Waals surface area contributed by atoms with Crippen molar-refractivity contribution in [1.82, 2.24) is 4.98 Å². The molecule has 18 heteroatoms. The Kier molecular flexibility index (Phi) is 6.92. The third-order valence-corrected chi connectivity index (χ3v) is 3.92. The van der Waals surface area contributed by atoms with E-state index in [2.05, 4.69) is 10.3 Å². The Morgan fingerprint density at radius 1 is 1.00 bits per heavy atom. The second kappa shape index (κ2) is 9.21. The van der Waals surface area contributed by atoms with Gasteiger partial charge in [0, 0.05) is 11.4 Å². The molecule has 0 amide bonds. The fraction of sp³-hybridized carbons (Fsp3) is 0. The largest absolute Gasteiger partial charge is 0.433 e. The fourth-order valence-electron chi connectivity index (χ4n) is 2.01. The summed E-state index contributed by atoms with van der Waals surface area (Å²) in [6, 6.07) is 5.73. The number of aromatic nitrogens is 1. The molecule has 0 bridgehead atoms. The molecule has 3 N–H and O–H groups in total. The molecule has 1 aromatic carbocycles. The molecule has 0 spiro atoms. The van der Waals surface area contributed by atoms with E-state index in [4.69, 9.17) is 21.9 Å². The number of nitro benzene ring substituents is 2. The lowest BCUT2D eigenvalue weighted by Crippen LogP contribution is -1.98. The highest BCUT2D eigenvalue weighted by Gasteiger charge is 2.21. The Morgan fingerprint density at radius 3 is 2.16 bits per heavy atom. The third kappa shape index (κ3) is 6.78. The van der Waals surface area contributed by atoms with Crippen molar-refractivity contribution < 1.29 is 36.7 Å². The number of thiazole rings is 1. The van der Waals surface area contributed by atoms with Crippen molar-refractivity contribution in [3.05, 3.63) is 66.1 Å². The van der Waals surface area contributed by atoms with Crippen LogP contribution in [-0.2, 0) is 10.4 Å². The van der Waals surface area contributed by atoms with E-state index in [0.717, 1.165) is 23.5 Å². The Morgan fingerprint density at radius 2 is 1.65 bits per heavy atom. The van der Waals surface area contributed by atoms with Crippen molar-refractivity contribution >= 4 is 49.8 Å². The molecular weight excluding hydrogens is 466 g/mol. The number of nitrogens with zero attached hydrogens (tertiary/aromatic N) is 4. The highest BCUT2D eigenvalue weighted by atomic mass is 32.3. The van der Waals surface area contributed by atoms with Crippen molar-refractivity contribution in [2.75, 3.05) is 5.32 Å². The first-order valence-corrected chi connectivity index (χ1v) is 9.72. The lowest BCUT2D eigenvalue weighted by molar-refractivity contribution is -0.401. The SMILES string of the molecule is O=S(=O)(O)O.O=[N+]([O-])c1ccc(Nc2nc(-c3ccc([N+](=O)[O-])o3)cs2)c([N+](=O)[O-])c1. The molecule has 31 heavy (non-hydrogen) atoms. The van der Waals surface area contributed by atoms with Crippen molar-refractivity contribution in [3.63, 3.8) is 0 Å². The number of non-ortho nitro benzene ring substituents is 1. The molecule has 0 aliphatic carbocycles. The normalized spacial score (nSPS) is 10.6. The molecule has 3 rings (SSSR count). The van der Waals surface area contributed by atoms with Crippen molar-refractivity contribution in [2.45, 2.75) is 0 Å². The highest BCUT2D eigenvalue weighted by molar-refractivity contribution is 7.79. The summed E-state index contributed by atoms with van der Waals surface area (Å²) in [5.41, 5.74) is -0.573. The van der Waals surface area contributed by atoms with E-state index in [1.165, 1.54) is 18.2 Å². The predicted molar refractivity (Wildman–Crippen MR) is 104 cm³/mol. The maximum absolute atomic E-state index is 11.1. The van der Waals surface area contributed by atoms with Crippen molar-refractivity contribution in [2.24, 2.45) is 0 Å². The molecule has 0 atom stereocenters. The van der Waals surface area contributed by atoms with Crippen LogP contribution in [0, 0.1) is 30.3 Å². The van der Waals surface area contributed by atoms with Crippen LogP contribution >= 0.6 is 11.3 Å². The van der Waals surface area contributed by atoms with Crippen molar-refractivity contribution in [1.29, 1.82) is 0 Å². The van der Waals surface area contributed by atoms with Crippen LogP contribution in [0.2, 0.25) is 0 Å². The summed E-state index contributed by atoms with van der Waals surface area (Å²) in [6.07, 6.45) is 0. The van der Waals surface area contributed by atoms with Gasteiger partial charge in [0.15, 0.2) is 10.9 Å². The smallest absolute Gasteiger partial charge is 0.399 e. The van der Waals surface area contributed by atoms with E-state index >= 15 is 0 Å².